The number of para-hydroxylation sites is 1. The Hall–Kier alpha value is -2.74. The van der Waals surface area contributed by atoms with Crippen LogP contribution < -0.4 is 10.1 Å². The monoisotopic (exact) mass is 411 g/mol. The van der Waals surface area contributed by atoms with E-state index in [0.29, 0.717) is 17.9 Å². The van der Waals surface area contributed by atoms with Crippen LogP contribution in [0.25, 0.3) is 5.65 Å². The number of imidazole rings is 1. The van der Waals surface area contributed by atoms with Crippen molar-refractivity contribution >= 4 is 23.2 Å². The molecule has 0 fully saturated rings. The van der Waals surface area contributed by atoms with Gasteiger partial charge in [-0.15, -0.1) is 0 Å². The number of ether oxygens (including phenoxy) is 1. The molecule has 0 aliphatic rings. The van der Waals surface area contributed by atoms with Gasteiger partial charge in [-0.3, -0.25) is 9.20 Å². The number of nitrogens with zero attached hydrogens (tertiary/aromatic N) is 2. The number of fused-ring (bicyclic) bond motifs is 1. The maximum Gasteiger partial charge on any atom is 0.417 e. The van der Waals surface area contributed by atoms with Crippen molar-refractivity contribution in [1.29, 1.82) is 0 Å². The third-order valence-electron chi connectivity index (χ3n) is 4.26. The molecule has 2 heterocycles. The number of hydrogen-bond acceptors (Lipinski definition) is 3. The minimum absolute atomic E-state index is 0.0281. The van der Waals surface area contributed by atoms with Gasteiger partial charge in [0.15, 0.2) is 5.65 Å². The highest BCUT2D eigenvalue weighted by Gasteiger charge is 2.33. The summed E-state index contributed by atoms with van der Waals surface area (Å²) in [7, 11) is 1.51. The highest BCUT2D eigenvalue weighted by atomic mass is 35.5. The Balaban J connectivity index is 2.01. The average molecular weight is 412 g/mol. The zero-order valence-electron chi connectivity index (χ0n) is 15.1. The predicted molar refractivity (Wildman–Crippen MR) is 98.7 cm³/mol. The van der Waals surface area contributed by atoms with Gasteiger partial charge in [-0.25, -0.2) is 4.98 Å². The molecule has 0 bridgehead atoms. The SMILES string of the molecule is CCc1nc2c(Cl)cc(C(F)(F)F)cn2c1C(=O)NCc1ccccc1OC. The van der Waals surface area contributed by atoms with Crippen molar-refractivity contribution in [2.24, 2.45) is 0 Å². The minimum Gasteiger partial charge on any atom is -0.496 e. The Morgan fingerprint density at radius 3 is 2.68 bits per heavy atom. The number of alkyl halides is 3. The molecule has 0 aliphatic heterocycles. The van der Waals surface area contributed by atoms with Gasteiger partial charge < -0.3 is 10.1 Å². The molecule has 1 amide bonds. The molecular formula is C19H17ClF3N3O2. The Labute approximate surface area is 164 Å². The van der Waals surface area contributed by atoms with Crippen molar-refractivity contribution in [3.8, 4) is 5.75 Å². The van der Waals surface area contributed by atoms with E-state index >= 15 is 0 Å². The summed E-state index contributed by atoms with van der Waals surface area (Å²) in [6.07, 6.45) is -3.40. The smallest absolute Gasteiger partial charge is 0.417 e. The highest BCUT2D eigenvalue weighted by molar-refractivity contribution is 6.33. The van der Waals surface area contributed by atoms with Crippen LogP contribution in [0.5, 0.6) is 5.75 Å². The van der Waals surface area contributed by atoms with Crippen molar-refractivity contribution in [3.05, 3.63) is 64.1 Å². The average Bonchev–Trinajstić information content (AvgIpc) is 3.05. The number of nitrogens with one attached hydrogen (secondary N) is 1. The van der Waals surface area contributed by atoms with Gasteiger partial charge in [0.1, 0.15) is 11.4 Å². The van der Waals surface area contributed by atoms with Crippen molar-refractivity contribution < 1.29 is 22.7 Å². The molecule has 2 aromatic heterocycles. The molecular weight excluding hydrogens is 395 g/mol. The number of carbonyl (C=O) groups excluding carboxylic acids is 1. The first-order valence-electron chi connectivity index (χ1n) is 8.44. The number of pyridine rings is 1. The van der Waals surface area contributed by atoms with Crippen LogP contribution in [-0.2, 0) is 19.1 Å². The van der Waals surface area contributed by atoms with Gasteiger partial charge in [0.25, 0.3) is 5.91 Å². The lowest BCUT2D eigenvalue weighted by atomic mass is 10.2. The molecule has 0 atom stereocenters. The van der Waals surface area contributed by atoms with E-state index in [4.69, 9.17) is 16.3 Å². The Bertz CT molecular complexity index is 1030. The first-order chi connectivity index (χ1) is 13.3. The van der Waals surface area contributed by atoms with Crippen molar-refractivity contribution in [1.82, 2.24) is 14.7 Å². The summed E-state index contributed by atoms with van der Waals surface area (Å²) in [5.41, 5.74) is 0.274. The zero-order chi connectivity index (χ0) is 20.5. The van der Waals surface area contributed by atoms with E-state index in [1.807, 2.05) is 0 Å². The molecule has 3 aromatic rings. The van der Waals surface area contributed by atoms with Crippen LogP contribution in [0.3, 0.4) is 0 Å². The van der Waals surface area contributed by atoms with Gasteiger partial charge in [-0.05, 0) is 18.6 Å². The van der Waals surface area contributed by atoms with Crippen molar-refractivity contribution in [2.75, 3.05) is 7.11 Å². The molecule has 148 valence electrons. The van der Waals surface area contributed by atoms with Gasteiger partial charge in [0.2, 0.25) is 0 Å². The number of aryl methyl sites for hydroxylation is 1. The predicted octanol–water partition coefficient (Wildman–Crippen LogP) is 4.51. The molecule has 9 heteroatoms. The van der Waals surface area contributed by atoms with Gasteiger partial charge in [0.05, 0.1) is 23.4 Å². The molecule has 0 saturated heterocycles. The quantitative estimate of drug-likeness (QED) is 0.672. The van der Waals surface area contributed by atoms with Crippen LogP contribution in [0.4, 0.5) is 13.2 Å². The summed E-state index contributed by atoms with van der Waals surface area (Å²) in [5, 5.41) is 2.54. The van der Waals surface area contributed by atoms with Gasteiger partial charge in [-0.1, -0.05) is 36.7 Å². The van der Waals surface area contributed by atoms with E-state index in [0.717, 1.165) is 22.2 Å². The largest absolute Gasteiger partial charge is 0.496 e. The third-order valence-corrected chi connectivity index (χ3v) is 4.53. The Kier molecular flexibility index (Phi) is 5.51. The second-order valence-corrected chi connectivity index (χ2v) is 6.43. The van der Waals surface area contributed by atoms with Crippen LogP contribution in [0.15, 0.2) is 36.5 Å². The summed E-state index contributed by atoms with van der Waals surface area (Å²) >= 11 is 6.00. The fraction of sp³-hybridized carbons (Fsp3) is 0.263. The van der Waals surface area contributed by atoms with Crippen molar-refractivity contribution in [2.45, 2.75) is 26.1 Å². The minimum atomic E-state index is -4.60. The zero-order valence-corrected chi connectivity index (χ0v) is 15.9. The fourth-order valence-corrected chi connectivity index (χ4v) is 3.15. The first-order valence-corrected chi connectivity index (χ1v) is 8.81. The van der Waals surface area contributed by atoms with E-state index in [-0.39, 0.29) is 22.9 Å². The molecule has 0 unspecified atom stereocenters. The number of rotatable bonds is 5. The molecule has 1 aromatic carbocycles. The van der Waals surface area contributed by atoms with E-state index in [1.54, 1.807) is 31.2 Å². The summed E-state index contributed by atoms with van der Waals surface area (Å²) in [6, 6.07) is 7.94. The lowest BCUT2D eigenvalue weighted by Gasteiger charge is -2.11. The summed E-state index contributed by atoms with van der Waals surface area (Å²) in [5.74, 6) is 0.0460. The number of halogens is 4. The normalized spacial score (nSPS) is 11.6. The highest BCUT2D eigenvalue weighted by Crippen LogP contribution is 2.33. The van der Waals surface area contributed by atoms with Crippen LogP contribution in [0.1, 0.15) is 34.2 Å². The summed E-state index contributed by atoms with van der Waals surface area (Å²) < 4.78 is 45.8. The molecule has 0 spiro atoms. The molecule has 3 rings (SSSR count). The second kappa shape index (κ2) is 7.71. The first kappa shape index (κ1) is 20.0. The number of amides is 1. The second-order valence-electron chi connectivity index (χ2n) is 6.02. The number of hydrogen-bond donors (Lipinski definition) is 1. The van der Waals surface area contributed by atoms with Gasteiger partial charge >= 0.3 is 6.18 Å². The number of aromatic nitrogens is 2. The lowest BCUT2D eigenvalue weighted by molar-refractivity contribution is -0.137. The van der Waals surface area contributed by atoms with Crippen LogP contribution in [-0.4, -0.2) is 22.4 Å². The molecule has 0 radical (unpaired) electrons. The van der Waals surface area contributed by atoms with Crippen LogP contribution in [0, 0.1) is 0 Å². The van der Waals surface area contributed by atoms with E-state index < -0.39 is 17.6 Å². The van der Waals surface area contributed by atoms with Crippen LogP contribution >= 0.6 is 11.6 Å². The standard InChI is InChI=1S/C19H17ClF3N3O2/c1-3-14-16(18(27)24-9-11-6-4-5-7-15(11)28-2)26-10-12(19(21,22)23)8-13(20)17(26)25-14/h4-8,10H,3,9H2,1-2H3,(H,24,27). The van der Waals surface area contributed by atoms with Gasteiger partial charge in [-0.2, -0.15) is 13.2 Å². The number of carbonyl (C=O) groups is 1. The summed E-state index contributed by atoms with van der Waals surface area (Å²) in [6.45, 7) is 1.91. The van der Waals surface area contributed by atoms with E-state index in [2.05, 4.69) is 10.3 Å². The maximum atomic E-state index is 13.2. The Morgan fingerprint density at radius 2 is 2.04 bits per heavy atom. The van der Waals surface area contributed by atoms with Crippen molar-refractivity contribution in [3.63, 3.8) is 0 Å². The maximum absolute atomic E-state index is 13.2. The number of methoxy groups -OCH3 is 1. The molecule has 0 aliphatic carbocycles. The number of benzene rings is 1. The molecule has 28 heavy (non-hydrogen) atoms. The lowest BCUT2D eigenvalue weighted by Crippen LogP contribution is -2.25. The third kappa shape index (κ3) is 3.77. The van der Waals surface area contributed by atoms with E-state index in [1.165, 1.54) is 7.11 Å². The molecule has 1 N–H and O–H groups in total. The Morgan fingerprint density at radius 1 is 1.32 bits per heavy atom. The topological polar surface area (TPSA) is 55.6 Å². The van der Waals surface area contributed by atoms with Gasteiger partial charge in [0, 0.05) is 18.3 Å². The summed E-state index contributed by atoms with van der Waals surface area (Å²) in [4.78, 5) is 17.0. The fourth-order valence-electron chi connectivity index (χ4n) is 2.90. The van der Waals surface area contributed by atoms with E-state index in [9.17, 15) is 18.0 Å². The van der Waals surface area contributed by atoms with Crippen LogP contribution in [0.2, 0.25) is 5.02 Å². The molecule has 5 nitrogen and oxygen atoms in total. The molecule has 0 saturated carbocycles.